The highest BCUT2D eigenvalue weighted by Crippen LogP contribution is 2.20. The van der Waals surface area contributed by atoms with E-state index in [4.69, 9.17) is 27.9 Å². The first-order chi connectivity index (χ1) is 12.9. The molecular formula is C19H15Cl2N3O3. The number of carbonyl (C=O) groups is 2. The highest BCUT2D eigenvalue weighted by atomic mass is 35.5. The zero-order chi connectivity index (χ0) is 19.4. The van der Waals surface area contributed by atoms with E-state index in [-0.39, 0.29) is 5.15 Å². The van der Waals surface area contributed by atoms with E-state index in [0.717, 1.165) is 5.56 Å². The lowest BCUT2D eigenvalue weighted by atomic mass is 10.2. The number of aromatic nitrogens is 2. The van der Waals surface area contributed by atoms with E-state index < -0.39 is 18.5 Å². The van der Waals surface area contributed by atoms with E-state index in [0.29, 0.717) is 22.1 Å². The fourth-order valence-corrected chi connectivity index (χ4v) is 2.89. The molecule has 8 heteroatoms. The van der Waals surface area contributed by atoms with Crippen molar-refractivity contribution in [3.05, 3.63) is 70.1 Å². The number of hydrogen-bond donors (Lipinski definition) is 1. The number of carbonyl (C=O) groups excluding carboxylic acids is 2. The summed E-state index contributed by atoms with van der Waals surface area (Å²) >= 11 is 12.0. The zero-order valence-electron chi connectivity index (χ0n) is 14.3. The topological polar surface area (TPSA) is 72.7 Å². The maximum atomic E-state index is 11.9. The predicted molar refractivity (Wildman–Crippen MR) is 105 cm³/mol. The fourth-order valence-electron chi connectivity index (χ4n) is 2.42. The number of amides is 1. The van der Waals surface area contributed by atoms with Gasteiger partial charge in [-0.2, -0.15) is 0 Å². The van der Waals surface area contributed by atoms with Crippen molar-refractivity contribution in [2.45, 2.75) is 6.92 Å². The molecule has 0 unspecified atom stereocenters. The second-order valence-corrected chi connectivity index (χ2v) is 6.46. The number of pyridine rings is 1. The minimum Gasteiger partial charge on any atom is -0.452 e. The molecule has 1 aromatic carbocycles. The number of halogens is 2. The zero-order valence-corrected chi connectivity index (χ0v) is 15.8. The molecule has 6 nitrogen and oxygen atoms in total. The van der Waals surface area contributed by atoms with Crippen LogP contribution < -0.4 is 5.32 Å². The lowest BCUT2D eigenvalue weighted by Gasteiger charge is -2.08. The number of benzene rings is 1. The molecule has 0 aliphatic carbocycles. The van der Waals surface area contributed by atoms with E-state index in [9.17, 15) is 9.59 Å². The third kappa shape index (κ3) is 4.67. The maximum absolute atomic E-state index is 11.9. The van der Waals surface area contributed by atoms with Crippen LogP contribution in [0.3, 0.4) is 0 Å². The molecule has 0 saturated carbocycles. The summed E-state index contributed by atoms with van der Waals surface area (Å²) in [4.78, 5) is 28.0. The molecule has 0 bridgehead atoms. The van der Waals surface area contributed by atoms with Crippen LogP contribution in [-0.2, 0) is 14.3 Å². The summed E-state index contributed by atoms with van der Waals surface area (Å²) in [5.41, 5.74) is 2.62. The number of rotatable bonds is 5. The van der Waals surface area contributed by atoms with Crippen LogP contribution in [0.5, 0.6) is 0 Å². The summed E-state index contributed by atoms with van der Waals surface area (Å²) in [6, 6.07) is 10.5. The molecule has 1 N–H and O–H groups in total. The highest BCUT2D eigenvalue weighted by Gasteiger charge is 2.10. The van der Waals surface area contributed by atoms with Crippen molar-refractivity contribution in [2.24, 2.45) is 0 Å². The van der Waals surface area contributed by atoms with Crippen LogP contribution in [0.15, 0.2) is 48.7 Å². The second kappa shape index (κ2) is 8.24. The van der Waals surface area contributed by atoms with Crippen LogP contribution >= 0.6 is 23.2 Å². The van der Waals surface area contributed by atoms with Crippen molar-refractivity contribution >= 4 is 52.5 Å². The van der Waals surface area contributed by atoms with Gasteiger partial charge >= 0.3 is 5.97 Å². The van der Waals surface area contributed by atoms with Gasteiger partial charge < -0.3 is 10.1 Å². The summed E-state index contributed by atoms with van der Waals surface area (Å²) in [5, 5.41) is 3.50. The molecule has 3 rings (SSSR count). The lowest BCUT2D eigenvalue weighted by molar-refractivity contribution is -0.142. The van der Waals surface area contributed by atoms with Gasteiger partial charge in [-0.15, -0.1) is 0 Å². The molecule has 138 valence electrons. The third-order valence-electron chi connectivity index (χ3n) is 3.71. The summed E-state index contributed by atoms with van der Waals surface area (Å²) in [6.45, 7) is 1.40. The Kier molecular flexibility index (Phi) is 5.78. The van der Waals surface area contributed by atoms with Gasteiger partial charge in [-0.3, -0.25) is 9.20 Å². The van der Waals surface area contributed by atoms with E-state index in [1.807, 2.05) is 19.1 Å². The first kappa shape index (κ1) is 18.9. The van der Waals surface area contributed by atoms with Crippen molar-refractivity contribution in [1.29, 1.82) is 0 Å². The summed E-state index contributed by atoms with van der Waals surface area (Å²) in [5.74, 6) is -1.12. The molecular weight excluding hydrogens is 389 g/mol. The standard InChI is InChI=1S/C19H15Cl2N3O3/c1-12-10-13(20)5-6-14(12)22-17(25)11-27-18(26)8-7-15-19(21)23-16-4-2-3-9-24(15)16/h2-10H,11H2,1H3,(H,22,25)/b8-7+. The molecule has 0 atom stereocenters. The summed E-state index contributed by atoms with van der Waals surface area (Å²) < 4.78 is 6.69. The van der Waals surface area contributed by atoms with Crippen molar-refractivity contribution < 1.29 is 14.3 Å². The van der Waals surface area contributed by atoms with Gasteiger partial charge in [0.25, 0.3) is 5.91 Å². The van der Waals surface area contributed by atoms with Crippen molar-refractivity contribution in [3.63, 3.8) is 0 Å². The van der Waals surface area contributed by atoms with E-state index >= 15 is 0 Å². The van der Waals surface area contributed by atoms with Crippen molar-refractivity contribution in [2.75, 3.05) is 11.9 Å². The van der Waals surface area contributed by atoms with Gasteiger partial charge in [0.15, 0.2) is 11.8 Å². The first-order valence-electron chi connectivity index (χ1n) is 7.97. The number of imidazole rings is 1. The number of fused-ring (bicyclic) bond motifs is 1. The van der Waals surface area contributed by atoms with Crippen LogP contribution in [-0.4, -0.2) is 27.9 Å². The summed E-state index contributed by atoms with van der Waals surface area (Å²) in [7, 11) is 0. The third-order valence-corrected chi connectivity index (χ3v) is 4.22. The number of ether oxygens (including phenoxy) is 1. The van der Waals surface area contributed by atoms with Crippen molar-refractivity contribution in [3.8, 4) is 0 Å². The molecule has 0 fully saturated rings. The van der Waals surface area contributed by atoms with Crippen LogP contribution in [0.4, 0.5) is 5.69 Å². The monoisotopic (exact) mass is 403 g/mol. The predicted octanol–water partition coefficient (Wildman–Crippen LogP) is 4.14. The second-order valence-electron chi connectivity index (χ2n) is 5.67. The summed E-state index contributed by atoms with van der Waals surface area (Å²) in [6.07, 6.45) is 4.47. The SMILES string of the molecule is Cc1cc(Cl)ccc1NC(=O)COC(=O)/C=C/c1c(Cl)nc2ccccn12. The molecule has 2 heterocycles. The highest BCUT2D eigenvalue weighted by molar-refractivity contribution is 6.31. The Hall–Kier alpha value is -2.83. The minimum atomic E-state index is -0.667. The fraction of sp³-hybridized carbons (Fsp3) is 0.105. The molecule has 2 aromatic heterocycles. The number of nitrogens with one attached hydrogen (secondary N) is 1. The quantitative estimate of drug-likeness (QED) is 0.513. The maximum Gasteiger partial charge on any atom is 0.331 e. The molecule has 0 radical (unpaired) electrons. The Bertz CT molecular complexity index is 1040. The van der Waals surface area contributed by atoms with Gasteiger partial charge in [-0.25, -0.2) is 9.78 Å². The van der Waals surface area contributed by atoms with Gasteiger partial charge in [0, 0.05) is 23.0 Å². The number of nitrogens with zero attached hydrogens (tertiary/aromatic N) is 2. The number of aryl methyl sites for hydroxylation is 1. The molecule has 27 heavy (non-hydrogen) atoms. The van der Waals surface area contributed by atoms with Gasteiger partial charge in [-0.1, -0.05) is 29.3 Å². The normalized spacial score (nSPS) is 11.1. The minimum absolute atomic E-state index is 0.265. The number of anilines is 1. The number of esters is 1. The Balaban J connectivity index is 1.58. The Morgan fingerprint density at radius 2 is 2.07 bits per heavy atom. The van der Waals surface area contributed by atoms with Crippen molar-refractivity contribution in [1.82, 2.24) is 9.38 Å². The van der Waals surface area contributed by atoms with E-state index in [2.05, 4.69) is 10.3 Å². The first-order valence-corrected chi connectivity index (χ1v) is 8.73. The van der Waals surface area contributed by atoms with Gasteiger partial charge in [0.2, 0.25) is 0 Å². The largest absolute Gasteiger partial charge is 0.452 e. The molecule has 0 aliphatic rings. The molecule has 3 aromatic rings. The van der Waals surface area contributed by atoms with Crippen LogP contribution in [0, 0.1) is 6.92 Å². The molecule has 0 spiro atoms. The Morgan fingerprint density at radius 3 is 2.85 bits per heavy atom. The van der Waals surface area contributed by atoms with Crippen LogP contribution in [0.25, 0.3) is 11.7 Å². The molecule has 1 amide bonds. The lowest BCUT2D eigenvalue weighted by Crippen LogP contribution is -2.20. The average molecular weight is 404 g/mol. The van der Waals surface area contributed by atoms with Crippen LogP contribution in [0.1, 0.15) is 11.3 Å². The smallest absolute Gasteiger partial charge is 0.331 e. The Morgan fingerprint density at radius 1 is 1.26 bits per heavy atom. The average Bonchev–Trinajstić information content (AvgIpc) is 2.95. The van der Waals surface area contributed by atoms with Gasteiger partial charge in [0.05, 0.1) is 5.69 Å². The molecule has 0 saturated heterocycles. The van der Waals surface area contributed by atoms with Crippen LogP contribution in [0.2, 0.25) is 10.2 Å². The molecule has 0 aliphatic heterocycles. The van der Waals surface area contributed by atoms with E-state index in [1.165, 1.54) is 12.2 Å². The number of hydrogen-bond acceptors (Lipinski definition) is 4. The van der Waals surface area contributed by atoms with Gasteiger partial charge in [-0.05, 0) is 48.9 Å². The Labute approximate surface area is 165 Å². The van der Waals surface area contributed by atoms with Gasteiger partial charge in [0.1, 0.15) is 5.65 Å². The van der Waals surface area contributed by atoms with E-state index in [1.54, 1.807) is 34.9 Å².